The molecule has 16 heavy (non-hydrogen) atoms. The fourth-order valence-corrected chi connectivity index (χ4v) is 2.72. The van der Waals surface area contributed by atoms with Crippen molar-refractivity contribution in [2.75, 3.05) is 26.2 Å². The molecule has 0 radical (unpaired) electrons. The zero-order valence-electron chi connectivity index (χ0n) is 10.1. The van der Waals surface area contributed by atoms with Gasteiger partial charge in [0.2, 0.25) is 5.91 Å². The van der Waals surface area contributed by atoms with E-state index < -0.39 is 0 Å². The van der Waals surface area contributed by atoms with Crippen LogP contribution < -0.4 is 16.0 Å². The Balaban J connectivity index is 1.70. The lowest BCUT2D eigenvalue weighted by molar-refractivity contribution is -0.123. The van der Waals surface area contributed by atoms with Gasteiger partial charge in [0.15, 0.2) is 0 Å². The Labute approximate surface area is 97.6 Å². The summed E-state index contributed by atoms with van der Waals surface area (Å²) < 4.78 is 0. The van der Waals surface area contributed by atoms with Gasteiger partial charge in [-0.1, -0.05) is 19.8 Å². The Morgan fingerprint density at radius 2 is 2.25 bits per heavy atom. The van der Waals surface area contributed by atoms with Gasteiger partial charge in [-0.15, -0.1) is 0 Å². The normalized spacial score (nSPS) is 34.9. The van der Waals surface area contributed by atoms with Gasteiger partial charge in [-0.2, -0.15) is 0 Å². The van der Waals surface area contributed by atoms with Crippen molar-refractivity contribution in [1.82, 2.24) is 16.0 Å². The quantitative estimate of drug-likeness (QED) is 0.638. The molecule has 0 aromatic heterocycles. The highest BCUT2D eigenvalue weighted by Gasteiger charge is 2.25. The summed E-state index contributed by atoms with van der Waals surface area (Å²) in [5.41, 5.74) is 0. The highest BCUT2D eigenvalue weighted by molar-refractivity contribution is 5.82. The monoisotopic (exact) mass is 225 g/mol. The van der Waals surface area contributed by atoms with E-state index in [2.05, 4.69) is 22.9 Å². The van der Waals surface area contributed by atoms with E-state index >= 15 is 0 Å². The van der Waals surface area contributed by atoms with Crippen LogP contribution in [0.2, 0.25) is 0 Å². The lowest BCUT2D eigenvalue weighted by Gasteiger charge is -2.25. The van der Waals surface area contributed by atoms with E-state index in [0.717, 1.165) is 32.1 Å². The highest BCUT2D eigenvalue weighted by atomic mass is 16.2. The molecule has 2 fully saturated rings. The number of piperazine rings is 1. The van der Waals surface area contributed by atoms with Crippen LogP contribution in [-0.4, -0.2) is 38.1 Å². The lowest BCUT2D eigenvalue weighted by atomic mass is 9.98. The van der Waals surface area contributed by atoms with E-state index in [1.165, 1.54) is 19.3 Å². The van der Waals surface area contributed by atoms with E-state index in [-0.39, 0.29) is 11.9 Å². The molecule has 1 aliphatic heterocycles. The summed E-state index contributed by atoms with van der Waals surface area (Å²) in [6.07, 6.45) is 3.92. The Hall–Kier alpha value is -0.610. The SMILES string of the molecule is CC1CCCC1CNC(=O)C1CNCCN1. The third-order valence-corrected chi connectivity index (χ3v) is 3.94. The van der Waals surface area contributed by atoms with Gasteiger partial charge < -0.3 is 16.0 Å². The molecule has 4 heteroatoms. The number of carbonyl (C=O) groups excluding carboxylic acids is 1. The van der Waals surface area contributed by atoms with E-state index in [1.807, 2.05) is 0 Å². The molecule has 0 aromatic carbocycles. The summed E-state index contributed by atoms with van der Waals surface area (Å²) in [7, 11) is 0. The minimum atomic E-state index is -0.0366. The fourth-order valence-electron chi connectivity index (χ4n) is 2.72. The fraction of sp³-hybridized carbons (Fsp3) is 0.917. The molecule has 2 aliphatic rings. The molecule has 0 bridgehead atoms. The van der Waals surface area contributed by atoms with Crippen molar-refractivity contribution < 1.29 is 4.79 Å². The summed E-state index contributed by atoms with van der Waals surface area (Å²) in [6, 6.07) is -0.0366. The average molecular weight is 225 g/mol. The largest absolute Gasteiger partial charge is 0.354 e. The number of amides is 1. The molecule has 1 saturated heterocycles. The van der Waals surface area contributed by atoms with Crippen molar-refractivity contribution in [2.45, 2.75) is 32.2 Å². The predicted octanol–water partition coefficient (Wildman–Crippen LogP) is 0.100. The number of carbonyl (C=O) groups is 1. The Morgan fingerprint density at radius 1 is 1.38 bits per heavy atom. The van der Waals surface area contributed by atoms with E-state index in [9.17, 15) is 4.79 Å². The third-order valence-electron chi connectivity index (χ3n) is 3.94. The molecular formula is C12H23N3O. The predicted molar refractivity (Wildman–Crippen MR) is 64.2 cm³/mol. The summed E-state index contributed by atoms with van der Waals surface area (Å²) in [6.45, 7) is 5.76. The van der Waals surface area contributed by atoms with Crippen LogP contribution in [0.15, 0.2) is 0 Å². The number of nitrogens with one attached hydrogen (secondary N) is 3. The minimum Gasteiger partial charge on any atom is -0.354 e. The Morgan fingerprint density at radius 3 is 2.88 bits per heavy atom. The zero-order valence-corrected chi connectivity index (χ0v) is 10.1. The van der Waals surface area contributed by atoms with Gasteiger partial charge >= 0.3 is 0 Å². The standard InChI is InChI=1S/C12H23N3O/c1-9-3-2-4-10(9)7-15-12(16)11-8-13-5-6-14-11/h9-11,13-14H,2-8H2,1H3,(H,15,16). The summed E-state index contributed by atoms with van der Waals surface area (Å²) in [5.74, 6) is 1.63. The summed E-state index contributed by atoms with van der Waals surface area (Å²) in [5, 5.41) is 9.54. The van der Waals surface area contributed by atoms with E-state index in [1.54, 1.807) is 0 Å². The highest BCUT2D eigenvalue weighted by Crippen LogP contribution is 2.30. The number of rotatable bonds is 3. The van der Waals surface area contributed by atoms with Gasteiger partial charge in [0.1, 0.15) is 0 Å². The first kappa shape index (κ1) is 11.9. The topological polar surface area (TPSA) is 53.2 Å². The molecular weight excluding hydrogens is 202 g/mol. The van der Waals surface area contributed by atoms with Gasteiger partial charge in [0.25, 0.3) is 0 Å². The van der Waals surface area contributed by atoms with Gasteiger partial charge in [-0.05, 0) is 18.3 Å². The first-order valence-corrected chi connectivity index (χ1v) is 6.49. The Bertz CT molecular complexity index is 238. The van der Waals surface area contributed by atoms with E-state index in [4.69, 9.17) is 0 Å². The summed E-state index contributed by atoms with van der Waals surface area (Å²) in [4.78, 5) is 11.8. The molecule has 1 amide bonds. The van der Waals surface area contributed by atoms with Crippen LogP contribution in [0.1, 0.15) is 26.2 Å². The van der Waals surface area contributed by atoms with Crippen LogP contribution in [0, 0.1) is 11.8 Å². The zero-order chi connectivity index (χ0) is 11.4. The molecule has 2 rings (SSSR count). The molecule has 0 spiro atoms. The van der Waals surface area contributed by atoms with Gasteiger partial charge in [-0.3, -0.25) is 4.79 Å². The van der Waals surface area contributed by atoms with Crippen LogP contribution >= 0.6 is 0 Å². The van der Waals surface area contributed by atoms with Crippen molar-refractivity contribution in [1.29, 1.82) is 0 Å². The Kier molecular flexibility index (Phi) is 4.18. The minimum absolute atomic E-state index is 0.0366. The maximum absolute atomic E-state index is 11.8. The van der Waals surface area contributed by atoms with Gasteiger partial charge in [-0.25, -0.2) is 0 Å². The van der Waals surface area contributed by atoms with Crippen LogP contribution in [0.5, 0.6) is 0 Å². The first-order valence-electron chi connectivity index (χ1n) is 6.49. The molecule has 92 valence electrons. The molecule has 3 atom stereocenters. The average Bonchev–Trinajstić information content (AvgIpc) is 2.73. The van der Waals surface area contributed by atoms with Crippen molar-refractivity contribution in [3.63, 3.8) is 0 Å². The lowest BCUT2D eigenvalue weighted by Crippen LogP contribution is -2.56. The van der Waals surface area contributed by atoms with E-state index in [0.29, 0.717) is 5.92 Å². The molecule has 0 aromatic rings. The molecule has 3 unspecified atom stereocenters. The van der Waals surface area contributed by atoms with Crippen molar-refractivity contribution in [3.8, 4) is 0 Å². The van der Waals surface area contributed by atoms with Crippen LogP contribution in [0.25, 0.3) is 0 Å². The van der Waals surface area contributed by atoms with Crippen molar-refractivity contribution in [3.05, 3.63) is 0 Å². The summed E-state index contributed by atoms with van der Waals surface area (Å²) >= 11 is 0. The first-order chi connectivity index (χ1) is 7.77. The van der Waals surface area contributed by atoms with Crippen molar-refractivity contribution in [2.24, 2.45) is 11.8 Å². The second-order valence-electron chi connectivity index (χ2n) is 5.12. The van der Waals surface area contributed by atoms with Gasteiger partial charge in [0.05, 0.1) is 6.04 Å². The van der Waals surface area contributed by atoms with Crippen molar-refractivity contribution >= 4 is 5.91 Å². The smallest absolute Gasteiger partial charge is 0.238 e. The maximum atomic E-state index is 11.8. The molecule has 4 nitrogen and oxygen atoms in total. The molecule has 1 aliphatic carbocycles. The van der Waals surface area contributed by atoms with Crippen LogP contribution in [0.3, 0.4) is 0 Å². The number of hydrogen-bond donors (Lipinski definition) is 3. The van der Waals surface area contributed by atoms with Crippen LogP contribution in [-0.2, 0) is 4.79 Å². The number of hydrogen-bond acceptors (Lipinski definition) is 3. The maximum Gasteiger partial charge on any atom is 0.238 e. The molecule has 3 N–H and O–H groups in total. The molecule has 1 heterocycles. The van der Waals surface area contributed by atoms with Crippen LogP contribution in [0.4, 0.5) is 0 Å². The second-order valence-corrected chi connectivity index (χ2v) is 5.12. The molecule has 1 saturated carbocycles. The van der Waals surface area contributed by atoms with Gasteiger partial charge in [0, 0.05) is 26.2 Å². The third kappa shape index (κ3) is 2.95. The second kappa shape index (κ2) is 5.64.